The van der Waals surface area contributed by atoms with Gasteiger partial charge < -0.3 is 10.0 Å². The molecule has 144 valence electrons. The summed E-state index contributed by atoms with van der Waals surface area (Å²) in [5, 5.41) is 8.91. The van der Waals surface area contributed by atoms with Gasteiger partial charge in [-0.05, 0) is 18.2 Å². The number of carboxylic acids is 1. The molecule has 0 radical (unpaired) electrons. The molecule has 0 spiro atoms. The monoisotopic (exact) mass is 398 g/mol. The van der Waals surface area contributed by atoms with Gasteiger partial charge in [0.2, 0.25) is 0 Å². The standard InChI is InChI=1S/C20H19FN4O2S/c21-16-4-2-1-3-15(16)18-6-5-14(28-18)13-24-7-9-25(10-8-24)19-12-22-17(11-23-19)20(26)27/h1-6,11-12H,7-10,13H2,(H,26,27). The Balaban J connectivity index is 1.35. The van der Waals surface area contributed by atoms with Crippen LogP contribution in [0.3, 0.4) is 0 Å². The minimum atomic E-state index is -1.07. The van der Waals surface area contributed by atoms with E-state index in [2.05, 4.69) is 25.8 Å². The molecule has 0 unspecified atom stereocenters. The molecule has 0 bridgehead atoms. The predicted molar refractivity (Wildman–Crippen MR) is 106 cm³/mol. The largest absolute Gasteiger partial charge is 0.476 e. The van der Waals surface area contributed by atoms with E-state index < -0.39 is 5.97 Å². The van der Waals surface area contributed by atoms with Crippen molar-refractivity contribution in [2.45, 2.75) is 6.54 Å². The van der Waals surface area contributed by atoms with Gasteiger partial charge in [0.1, 0.15) is 11.6 Å². The quantitative estimate of drug-likeness (QED) is 0.711. The van der Waals surface area contributed by atoms with Crippen LogP contribution in [0.2, 0.25) is 0 Å². The van der Waals surface area contributed by atoms with E-state index in [0.717, 1.165) is 37.6 Å². The van der Waals surface area contributed by atoms with Gasteiger partial charge in [-0.2, -0.15) is 0 Å². The maximum atomic E-state index is 14.0. The smallest absolute Gasteiger partial charge is 0.356 e. The Hall–Kier alpha value is -2.84. The lowest BCUT2D eigenvalue weighted by molar-refractivity contribution is 0.0690. The Morgan fingerprint density at radius 1 is 1.07 bits per heavy atom. The molecule has 1 aliphatic heterocycles. The zero-order chi connectivity index (χ0) is 19.5. The lowest BCUT2D eigenvalue weighted by Crippen LogP contribution is -2.46. The average Bonchev–Trinajstić information content (AvgIpc) is 3.17. The lowest BCUT2D eigenvalue weighted by Gasteiger charge is -2.35. The Labute approximate surface area is 165 Å². The number of carbonyl (C=O) groups is 1. The van der Waals surface area contributed by atoms with Gasteiger partial charge in [-0.1, -0.05) is 18.2 Å². The van der Waals surface area contributed by atoms with E-state index >= 15 is 0 Å². The molecule has 6 nitrogen and oxygen atoms in total. The Morgan fingerprint density at radius 3 is 2.54 bits per heavy atom. The molecule has 0 saturated carbocycles. The third-order valence-electron chi connectivity index (χ3n) is 4.73. The van der Waals surface area contributed by atoms with Gasteiger partial charge in [-0.3, -0.25) is 4.90 Å². The highest BCUT2D eigenvalue weighted by atomic mass is 32.1. The van der Waals surface area contributed by atoms with Gasteiger partial charge in [-0.15, -0.1) is 11.3 Å². The molecule has 3 aromatic rings. The minimum absolute atomic E-state index is 0.0502. The second-order valence-corrected chi connectivity index (χ2v) is 7.74. The van der Waals surface area contributed by atoms with Crippen molar-refractivity contribution >= 4 is 23.1 Å². The molecule has 3 heterocycles. The van der Waals surface area contributed by atoms with Gasteiger partial charge in [0, 0.05) is 48.0 Å². The molecule has 0 atom stereocenters. The van der Waals surface area contributed by atoms with Crippen LogP contribution in [0.1, 0.15) is 15.4 Å². The van der Waals surface area contributed by atoms with Crippen LogP contribution in [0.5, 0.6) is 0 Å². The zero-order valence-electron chi connectivity index (χ0n) is 15.1. The third kappa shape index (κ3) is 4.02. The summed E-state index contributed by atoms with van der Waals surface area (Å²) in [7, 11) is 0. The molecule has 1 N–H and O–H groups in total. The number of aromatic nitrogens is 2. The number of thiophene rings is 1. The molecular weight excluding hydrogens is 379 g/mol. The van der Waals surface area contributed by atoms with Crippen molar-refractivity contribution in [2.75, 3.05) is 31.1 Å². The number of nitrogens with zero attached hydrogens (tertiary/aromatic N) is 4. The molecule has 0 amide bonds. The average molecular weight is 398 g/mol. The molecule has 8 heteroatoms. The number of hydrogen-bond donors (Lipinski definition) is 1. The fourth-order valence-corrected chi connectivity index (χ4v) is 4.30. The highest BCUT2D eigenvalue weighted by Gasteiger charge is 2.19. The summed E-state index contributed by atoms with van der Waals surface area (Å²) in [6.45, 7) is 4.17. The first-order valence-corrected chi connectivity index (χ1v) is 9.78. The number of rotatable bonds is 5. The molecule has 1 aromatic carbocycles. The molecule has 0 aliphatic carbocycles. The van der Waals surface area contributed by atoms with Crippen molar-refractivity contribution in [2.24, 2.45) is 0 Å². The van der Waals surface area contributed by atoms with Gasteiger partial charge in [-0.25, -0.2) is 19.2 Å². The van der Waals surface area contributed by atoms with Crippen LogP contribution in [-0.4, -0.2) is 52.1 Å². The normalized spacial score (nSPS) is 15.0. The number of hydrogen-bond acceptors (Lipinski definition) is 6. The van der Waals surface area contributed by atoms with Gasteiger partial charge >= 0.3 is 5.97 Å². The number of anilines is 1. The SMILES string of the molecule is O=C(O)c1cnc(N2CCN(Cc3ccc(-c4ccccc4F)s3)CC2)cn1. The van der Waals surface area contributed by atoms with E-state index in [1.807, 2.05) is 12.1 Å². The van der Waals surface area contributed by atoms with Crippen LogP contribution in [-0.2, 0) is 6.54 Å². The molecule has 1 saturated heterocycles. The topological polar surface area (TPSA) is 69.6 Å². The highest BCUT2D eigenvalue weighted by molar-refractivity contribution is 7.15. The zero-order valence-corrected chi connectivity index (χ0v) is 15.9. The van der Waals surface area contributed by atoms with E-state index in [9.17, 15) is 9.18 Å². The fraction of sp³-hybridized carbons (Fsp3) is 0.250. The third-order valence-corrected chi connectivity index (χ3v) is 5.84. The van der Waals surface area contributed by atoms with Crippen molar-refractivity contribution in [3.63, 3.8) is 0 Å². The number of halogens is 1. The van der Waals surface area contributed by atoms with Crippen molar-refractivity contribution < 1.29 is 14.3 Å². The van der Waals surface area contributed by atoms with Gasteiger partial charge in [0.25, 0.3) is 0 Å². The number of aromatic carboxylic acids is 1. The Morgan fingerprint density at radius 2 is 1.86 bits per heavy atom. The second kappa shape index (κ2) is 8.04. The van der Waals surface area contributed by atoms with E-state index in [1.54, 1.807) is 23.5 Å². The van der Waals surface area contributed by atoms with Gasteiger partial charge in [0.15, 0.2) is 5.69 Å². The van der Waals surface area contributed by atoms with E-state index in [4.69, 9.17) is 5.11 Å². The van der Waals surface area contributed by atoms with Crippen LogP contribution >= 0.6 is 11.3 Å². The van der Waals surface area contributed by atoms with Crippen molar-refractivity contribution in [3.05, 3.63) is 65.2 Å². The van der Waals surface area contributed by atoms with Crippen LogP contribution in [0.4, 0.5) is 10.2 Å². The number of benzene rings is 1. The summed E-state index contributed by atoms with van der Waals surface area (Å²) in [5.74, 6) is -0.572. The van der Waals surface area contributed by atoms with E-state index in [0.29, 0.717) is 11.4 Å². The minimum Gasteiger partial charge on any atom is -0.476 e. The fourth-order valence-electron chi connectivity index (χ4n) is 3.22. The summed E-state index contributed by atoms with van der Waals surface area (Å²) < 4.78 is 14.0. The Bertz CT molecular complexity index is 968. The van der Waals surface area contributed by atoms with Crippen molar-refractivity contribution in [3.8, 4) is 10.4 Å². The molecule has 4 rings (SSSR count). The van der Waals surface area contributed by atoms with Crippen LogP contribution < -0.4 is 4.90 Å². The first-order chi connectivity index (χ1) is 13.6. The van der Waals surface area contributed by atoms with Crippen LogP contribution in [0, 0.1) is 5.82 Å². The first-order valence-electron chi connectivity index (χ1n) is 8.96. The van der Waals surface area contributed by atoms with E-state index in [-0.39, 0.29) is 11.5 Å². The predicted octanol–water partition coefficient (Wildman–Crippen LogP) is 3.36. The maximum Gasteiger partial charge on any atom is 0.356 e. The van der Waals surface area contributed by atoms with Crippen LogP contribution in [0.15, 0.2) is 48.8 Å². The second-order valence-electron chi connectivity index (χ2n) is 6.57. The summed E-state index contributed by atoms with van der Waals surface area (Å²) in [6.07, 6.45) is 2.80. The number of piperazine rings is 1. The Kier molecular flexibility index (Phi) is 5.31. The summed E-state index contributed by atoms with van der Waals surface area (Å²) in [4.78, 5) is 25.6. The highest BCUT2D eigenvalue weighted by Crippen LogP contribution is 2.30. The van der Waals surface area contributed by atoms with Gasteiger partial charge in [0.05, 0.1) is 12.4 Å². The molecule has 1 fully saturated rings. The summed E-state index contributed by atoms with van der Waals surface area (Å²) >= 11 is 1.62. The summed E-state index contributed by atoms with van der Waals surface area (Å²) in [6, 6.07) is 10.9. The number of carboxylic acid groups (broad SMARTS) is 1. The van der Waals surface area contributed by atoms with E-state index in [1.165, 1.54) is 23.3 Å². The maximum absolute atomic E-state index is 14.0. The first kappa shape index (κ1) is 18.5. The lowest BCUT2D eigenvalue weighted by atomic mass is 10.2. The van der Waals surface area contributed by atoms with Crippen molar-refractivity contribution in [1.82, 2.24) is 14.9 Å². The molecule has 1 aliphatic rings. The molecular formula is C20H19FN4O2S. The molecule has 2 aromatic heterocycles. The van der Waals surface area contributed by atoms with Crippen molar-refractivity contribution in [1.29, 1.82) is 0 Å². The van der Waals surface area contributed by atoms with Crippen LogP contribution in [0.25, 0.3) is 10.4 Å². The summed E-state index contributed by atoms with van der Waals surface area (Å²) in [5.41, 5.74) is 0.595. The molecule has 28 heavy (non-hydrogen) atoms.